The number of fused-ring (bicyclic) bond motifs is 1. The van der Waals surface area contributed by atoms with Gasteiger partial charge in [0.05, 0.1) is 6.54 Å². The summed E-state index contributed by atoms with van der Waals surface area (Å²) in [6.07, 6.45) is 0. The first-order valence-corrected chi connectivity index (χ1v) is 5.24. The van der Waals surface area contributed by atoms with Gasteiger partial charge in [0.25, 0.3) is 5.56 Å². The molecule has 0 bridgehead atoms. The van der Waals surface area contributed by atoms with Gasteiger partial charge in [0, 0.05) is 5.92 Å². The summed E-state index contributed by atoms with van der Waals surface area (Å²) in [6, 6.07) is 0. The van der Waals surface area contributed by atoms with Crippen molar-refractivity contribution in [1.29, 1.82) is 0 Å². The Morgan fingerprint density at radius 3 is 2.72 bits per heavy atom. The first kappa shape index (κ1) is 14.2. The minimum Gasteiger partial charge on any atom is -0.369 e. The predicted octanol–water partition coefficient (Wildman–Crippen LogP) is 0.497. The zero-order valence-corrected chi connectivity index (χ0v) is 10.8. The van der Waals surface area contributed by atoms with Crippen molar-refractivity contribution in [2.24, 2.45) is 10.9 Å². The zero-order valence-electron chi connectivity index (χ0n) is 9.98. The Balaban J connectivity index is 0.00000162. The highest BCUT2D eigenvalue weighted by molar-refractivity contribution is 6.42. The Bertz CT molecular complexity index is 564. The summed E-state index contributed by atoms with van der Waals surface area (Å²) in [5.41, 5.74) is 5.40. The molecule has 1 aromatic rings. The molecule has 1 aliphatic rings. The topological polar surface area (TPSA) is 113 Å². The normalized spacial score (nSPS) is 13.2. The second kappa shape index (κ2) is 5.18. The minimum atomic E-state index is -0.450. The molecule has 0 aliphatic carbocycles. The molecule has 0 atom stereocenters. The fraction of sp³-hybridized carbons (Fsp3) is 0.400. The molecule has 0 amide bonds. The Morgan fingerprint density at radius 1 is 1.44 bits per heavy atom. The minimum absolute atomic E-state index is 0. The maximum absolute atomic E-state index is 11.8. The zero-order chi connectivity index (χ0) is 12.6. The fourth-order valence-electron chi connectivity index (χ4n) is 1.53. The third kappa shape index (κ3) is 2.51. The lowest BCUT2D eigenvalue weighted by Crippen LogP contribution is -2.31. The number of anilines is 2. The van der Waals surface area contributed by atoms with E-state index in [1.165, 1.54) is 0 Å². The van der Waals surface area contributed by atoms with Crippen molar-refractivity contribution < 1.29 is 4.79 Å². The average Bonchev–Trinajstić information content (AvgIpc) is 2.27. The van der Waals surface area contributed by atoms with Crippen LogP contribution in [0.1, 0.15) is 13.8 Å². The van der Waals surface area contributed by atoms with Crippen LogP contribution < -0.4 is 16.6 Å². The molecule has 4 N–H and O–H groups in total. The van der Waals surface area contributed by atoms with Gasteiger partial charge in [-0.1, -0.05) is 13.8 Å². The van der Waals surface area contributed by atoms with Gasteiger partial charge in [-0.25, -0.2) is 4.99 Å². The van der Waals surface area contributed by atoms with Gasteiger partial charge in [-0.3, -0.25) is 14.6 Å². The van der Waals surface area contributed by atoms with Gasteiger partial charge in [0.2, 0.25) is 5.95 Å². The van der Waals surface area contributed by atoms with E-state index in [1.54, 1.807) is 13.8 Å². The molecule has 0 fully saturated rings. The average molecular weight is 272 g/mol. The lowest BCUT2D eigenvalue weighted by Gasteiger charge is -2.16. The molecule has 7 nitrogen and oxygen atoms in total. The lowest BCUT2D eigenvalue weighted by atomic mass is 10.0. The van der Waals surface area contributed by atoms with E-state index in [2.05, 4.69) is 20.3 Å². The molecule has 0 spiro atoms. The molecule has 2 rings (SSSR count). The highest BCUT2D eigenvalue weighted by atomic mass is 35.5. The second-order valence-corrected chi connectivity index (χ2v) is 4.08. The lowest BCUT2D eigenvalue weighted by molar-refractivity contribution is -0.115. The molecular formula is C10H14ClN5O2. The summed E-state index contributed by atoms with van der Waals surface area (Å²) >= 11 is 0. The van der Waals surface area contributed by atoms with Crippen molar-refractivity contribution in [3.8, 4) is 0 Å². The van der Waals surface area contributed by atoms with Gasteiger partial charge in [0.15, 0.2) is 17.3 Å². The van der Waals surface area contributed by atoms with Gasteiger partial charge in [0.1, 0.15) is 5.71 Å². The third-order valence-electron chi connectivity index (χ3n) is 2.39. The number of nitrogens with one attached hydrogen (secondary N) is 2. The first-order chi connectivity index (χ1) is 7.99. The number of hydrogen-bond donors (Lipinski definition) is 3. The smallest absolute Gasteiger partial charge is 0.280 e. The molecule has 1 aliphatic heterocycles. The fourth-order valence-corrected chi connectivity index (χ4v) is 1.53. The van der Waals surface area contributed by atoms with Crippen LogP contribution in [-0.2, 0) is 4.79 Å². The Morgan fingerprint density at radius 2 is 2.11 bits per heavy atom. The molecule has 18 heavy (non-hydrogen) atoms. The number of nitrogens with zero attached hydrogens (tertiary/aromatic N) is 2. The van der Waals surface area contributed by atoms with Crippen molar-refractivity contribution in [2.75, 3.05) is 17.6 Å². The van der Waals surface area contributed by atoms with Crippen LogP contribution in [-0.4, -0.2) is 28.0 Å². The number of rotatable bonds is 2. The second-order valence-electron chi connectivity index (χ2n) is 4.08. The van der Waals surface area contributed by atoms with Crippen molar-refractivity contribution >= 4 is 41.4 Å². The predicted molar refractivity (Wildman–Crippen MR) is 71.9 cm³/mol. The van der Waals surface area contributed by atoms with Gasteiger partial charge in [-0.05, 0) is 0 Å². The quantitative estimate of drug-likeness (QED) is 0.725. The number of H-pyrrole nitrogens is 1. The number of aromatic nitrogens is 2. The number of halogens is 1. The van der Waals surface area contributed by atoms with Crippen molar-refractivity contribution in [1.82, 2.24) is 9.97 Å². The first-order valence-electron chi connectivity index (χ1n) is 5.24. The van der Waals surface area contributed by atoms with E-state index in [0.717, 1.165) is 0 Å². The molecule has 8 heteroatoms. The van der Waals surface area contributed by atoms with E-state index in [4.69, 9.17) is 5.73 Å². The highest BCUT2D eigenvalue weighted by Gasteiger charge is 2.22. The number of carbonyl (C=O) groups excluding carboxylic acids is 1. The molecule has 0 aromatic carbocycles. The molecular weight excluding hydrogens is 258 g/mol. The molecule has 0 radical (unpaired) electrons. The number of nitrogen functional groups attached to an aromatic ring is 1. The largest absolute Gasteiger partial charge is 0.369 e. The van der Waals surface area contributed by atoms with E-state index in [-0.39, 0.29) is 42.3 Å². The number of carbonyl (C=O) groups is 1. The van der Waals surface area contributed by atoms with Crippen LogP contribution in [0.4, 0.5) is 17.5 Å². The Kier molecular flexibility index (Phi) is 4.07. The van der Waals surface area contributed by atoms with Gasteiger partial charge in [-0.15, -0.1) is 12.4 Å². The third-order valence-corrected chi connectivity index (χ3v) is 2.39. The molecule has 2 heterocycles. The summed E-state index contributed by atoms with van der Waals surface area (Å²) < 4.78 is 0. The number of ketones is 1. The molecule has 0 saturated carbocycles. The van der Waals surface area contributed by atoms with Gasteiger partial charge >= 0.3 is 0 Å². The van der Waals surface area contributed by atoms with E-state index >= 15 is 0 Å². The van der Waals surface area contributed by atoms with Crippen LogP contribution in [0, 0.1) is 5.92 Å². The number of aliphatic imine (C=N–C) groups is 1. The van der Waals surface area contributed by atoms with Crippen LogP contribution in [0.15, 0.2) is 9.79 Å². The Labute approximate surface area is 109 Å². The summed E-state index contributed by atoms with van der Waals surface area (Å²) in [5, 5.41) is 2.87. The van der Waals surface area contributed by atoms with Gasteiger partial charge < -0.3 is 11.1 Å². The Hall–Kier alpha value is -1.89. The maximum atomic E-state index is 11.8. The summed E-state index contributed by atoms with van der Waals surface area (Å²) in [4.78, 5) is 33.6. The van der Waals surface area contributed by atoms with Gasteiger partial charge in [-0.2, -0.15) is 4.98 Å². The SMILES string of the molecule is CC(C)C(=O)C1=Nc2c(nc(N)[nH]c2=O)NC1.Cl. The summed E-state index contributed by atoms with van der Waals surface area (Å²) in [7, 11) is 0. The van der Waals surface area contributed by atoms with E-state index in [9.17, 15) is 9.59 Å². The van der Waals surface area contributed by atoms with Crippen LogP contribution >= 0.6 is 12.4 Å². The number of aromatic amines is 1. The van der Waals surface area contributed by atoms with Crippen LogP contribution in [0.25, 0.3) is 0 Å². The van der Waals surface area contributed by atoms with E-state index < -0.39 is 5.56 Å². The number of nitrogens with two attached hydrogens (primary N) is 1. The monoisotopic (exact) mass is 271 g/mol. The van der Waals surface area contributed by atoms with Crippen molar-refractivity contribution in [3.05, 3.63) is 10.4 Å². The summed E-state index contributed by atoms with van der Waals surface area (Å²) in [5.74, 6) is 0.0962. The molecule has 0 unspecified atom stereocenters. The standard InChI is InChI=1S/C10H13N5O2.ClH/c1-4(2)7(16)5-3-12-8-6(13-5)9(17)15-10(11)14-8;/h4H,3H2,1-2H3,(H4,11,12,14,15,17);1H. The highest BCUT2D eigenvalue weighted by Crippen LogP contribution is 2.22. The van der Waals surface area contributed by atoms with E-state index in [0.29, 0.717) is 11.5 Å². The molecule has 0 saturated heterocycles. The van der Waals surface area contributed by atoms with Crippen molar-refractivity contribution in [2.45, 2.75) is 13.8 Å². The van der Waals surface area contributed by atoms with Crippen LogP contribution in [0.5, 0.6) is 0 Å². The van der Waals surface area contributed by atoms with Crippen LogP contribution in [0.2, 0.25) is 0 Å². The molecule has 98 valence electrons. The molecule has 1 aromatic heterocycles. The number of Topliss-reactive ketones (excluding diaryl/α,β-unsaturated/α-hetero) is 1. The number of hydrogen-bond acceptors (Lipinski definition) is 6. The van der Waals surface area contributed by atoms with E-state index in [1.807, 2.05) is 0 Å². The summed E-state index contributed by atoms with van der Waals surface area (Å²) in [6.45, 7) is 3.83. The van der Waals surface area contributed by atoms with Crippen LogP contribution in [0.3, 0.4) is 0 Å². The van der Waals surface area contributed by atoms with Crippen molar-refractivity contribution in [3.63, 3.8) is 0 Å². The maximum Gasteiger partial charge on any atom is 0.280 e.